The molecule has 1 aromatic rings. The molecule has 5 heteroatoms. The Morgan fingerprint density at radius 3 is 3.05 bits per heavy atom. The van der Waals surface area contributed by atoms with Crippen molar-refractivity contribution in [3.63, 3.8) is 0 Å². The van der Waals surface area contributed by atoms with E-state index in [4.69, 9.17) is 11.6 Å². The highest BCUT2D eigenvalue weighted by molar-refractivity contribution is 6.30. The first-order valence-corrected chi connectivity index (χ1v) is 7.04. The molecule has 0 spiro atoms. The van der Waals surface area contributed by atoms with Gasteiger partial charge in [-0.25, -0.2) is 0 Å². The van der Waals surface area contributed by atoms with Gasteiger partial charge in [0, 0.05) is 30.3 Å². The Labute approximate surface area is 119 Å². The van der Waals surface area contributed by atoms with Gasteiger partial charge in [0.1, 0.15) is 6.04 Å². The van der Waals surface area contributed by atoms with E-state index in [2.05, 4.69) is 22.5 Å². The van der Waals surface area contributed by atoms with Crippen LogP contribution >= 0.6 is 11.6 Å². The first-order chi connectivity index (χ1) is 9.13. The van der Waals surface area contributed by atoms with E-state index < -0.39 is 0 Å². The first-order valence-electron chi connectivity index (χ1n) is 6.67. The van der Waals surface area contributed by atoms with Crippen molar-refractivity contribution < 1.29 is 4.79 Å². The third-order valence-electron chi connectivity index (χ3n) is 3.42. The van der Waals surface area contributed by atoms with E-state index in [1.54, 1.807) is 0 Å². The fourth-order valence-corrected chi connectivity index (χ4v) is 2.54. The maximum absolute atomic E-state index is 11.8. The average Bonchev–Trinajstić information content (AvgIpc) is 2.40. The zero-order valence-corrected chi connectivity index (χ0v) is 12.1. The van der Waals surface area contributed by atoms with Crippen molar-refractivity contribution in [2.45, 2.75) is 26.4 Å². The second kappa shape index (κ2) is 6.26. The molecule has 1 saturated heterocycles. The van der Waals surface area contributed by atoms with E-state index in [9.17, 15) is 4.79 Å². The van der Waals surface area contributed by atoms with Gasteiger partial charge in [-0.15, -0.1) is 0 Å². The third kappa shape index (κ3) is 3.19. The molecule has 1 fully saturated rings. The van der Waals surface area contributed by atoms with E-state index in [0.29, 0.717) is 6.54 Å². The minimum Gasteiger partial charge on any atom is -0.358 e. The molecule has 1 aliphatic rings. The van der Waals surface area contributed by atoms with Gasteiger partial charge in [-0.05, 0) is 37.2 Å². The van der Waals surface area contributed by atoms with Crippen LogP contribution in [-0.2, 0) is 11.3 Å². The Balaban J connectivity index is 2.29. The van der Waals surface area contributed by atoms with Gasteiger partial charge in [-0.1, -0.05) is 18.5 Å². The van der Waals surface area contributed by atoms with E-state index in [-0.39, 0.29) is 11.9 Å². The summed E-state index contributed by atoms with van der Waals surface area (Å²) in [6.45, 7) is 7.18. The zero-order valence-electron chi connectivity index (χ0n) is 11.4. The van der Waals surface area contributed by atoms with Crippen molar-refractivity contribution >= 4 is 23.2 Å². The van der Waals surface area contributed by atoms with Gasteiger partial charge in [0.2, 0.25) is 5.91 Å². The molecule has 0 aromatic heterocycles. The van der Waals surface area contributed by atoms with Crippen LogP contribution in [0, 0.1) is 0 Å². The van der Waals surface area contributed by atoms with Crippen LogP contribution in [0.5, 0.6) is 0 Å². The van der Waals surface area contributed by atoms with Gasteiger partial charge in [0.15, 0.2) is 0 Å². The van der Waals surface area contributed by atoms with Crippen LogP contribution < -0.4 is 15.5 Å². The predicted molar refractivity (Wildman–Crippen MR) is 78.7 cm³/mol. The zero-order chi connectivity index (χ0) is 13.8. The number of hydrogen-bond donors (Lipinski definition) is 2. The number of piperazine rings is 1. The Hall–Kier alpha value is -1.26. The summed E-state index contributed by atoms with van der Waals surface area (Å²) in [4.78, 5) is 13.9. The number of hydrogen-bond acceptors (Lipinski definition) is 3. The molecule has 1 atom stereocenters. The lowest BCUT2D eigenvalue weighted by Crippen LogP contribution is -2.54. The van der Waals surface area contributed by atoms with Gasteiger partial charge in [0.05, 0.1) is 0 Å². The minimum atomic E-state index is -0.143. The van der Waals surface area contributed by atoms with E-state index in [0.717, 1.165) is 35.9 Å². The number of amides is 1. The van der Waals surface area contributed by atoms with Crippen molar-refractivity contribution in [2.24, 2.45) is 0 Å². The van der Waals surface area contributed by atoms with Crippen LogP contribution in [0.1, 0.15) is 19.4 Å². The van der Waals surface area contributed by atoms with Gasteiger partial charge in [-0.2, -0.15) is 0 Å². The molecular formula is C14H20ClN3O. The Morgan fingerprint density at radius 2 is 2.32 bits per heavy atom. The molecule has 1 heterocycles. The standard InChI is InChI=1S/C14H20ClN3O/c1-3-16-9-11-8-12(15)4-5-13(11)18-7-6-17-14(19)10(18)2/h4-5,8,10,16H,3,6-7,9H2,1-2H3,(H,17,19). The second-order valence-electron chi connectivity index (χ2n) is 4.71. The molecule has 1 aromatic carbocycles. The highest BCUT2D eigenvalue weighted by atomic mass is 35.5. The molecule has 1 amide bonds. The number of rotatable bonds is 4. The summed E-state index contributed by atoms with van der Waals surface area (Å²) < 4.78 is 0. The molecule has 0 aliphatic carbocycles. The summed E-state index contributed by atoms with van der Waals surface area (Å²) in [5, 5.41) is 6.92. The van der Waals surface area contributed by atoms with Crippen molar-refractivity contribution in [3.8, 4) is 0 Å². The summed E-state index contributed by atoms with van der Waals surface area (Å²) in [5.41, 5.74) is 2.23. The van der Waals surface area contributed by atoms with Crippen molar-refractivity contribution in [3.05, 3.63) is 28.8 Å². The van der Waals surface area contributed by atoms with Crippen molar-refractivity contribution in [1.29, 1.82) is 0 Å². The number of nitrogens with zero attached hydrogens (tertiary/aromatic N) is 1. The number of nitrogens with one attached hydrogen (secondary N) is 2. The highest BCUT2D eigenvalue weighted by Gasteiger charge is 2.26. The molecule has 1 unspecified atom stereocenters. The second-order valence-corrected chi connectivity index (χ2v) is 5.15. The molecular weight excluding hydrogens is 262 g/mol. The SMILES string of the molecule is CCNCc1cc(Cl)ccc1N1CCNC(=O)C1C. The van der Waals surface area contributed by atoms with Gasteiger partial charge in [-0.3, -0.25) is 4.79 Å². The highest BCUT2D eigenvalue weighted by Crippen LogP contribution is 2.26. The smallest absolute Gasteiger partial charge is 0.242 e. The van der Waals surface area contributed by atoms with E-state index in [1.165, 1.54) is 0 Å². The van der Waals surface area contributed by atoms with Crippen LogP contribution in [-0.4, -0.2) is 31.6 Å². The minimum absolute atomic E-state index is 0.0793. The van der Waals surface area contributed by atoms with Crippen molar-refractivity contribution in [2.75, 3.05) is 24.5 Å². The number of anilines is 1. The molecule has 1 aliphatic heterocycles. The molecule has 104 valence electrons. The average molecular weight is 282 g/mol. The normalized spacial score (nSPS) is 19.4. The van der Waals surface area contributed by atoms with Crippen LogP contribution in [0.3, 0.4) is 0 Å². The topological polar surface area (TPSA) is 44.4 Å². The molecule has 2 N–H and O–H groups in total. The maximum Gasteiger partial charge on any atom is 0.242 e. The molecule has 0 bridgehead atoms. The van der Waals surface area contributed by atoms with Crippen LogP contribution in [0.15, 0.2) is 18.2 Å². The lowest BCUT2D eigenvalue weighted by Gasteiger charge is -2.36. The van der Waals surface area contributed by atoms with Gasteiger partial charge >= 0.3 is 0 Å². The maximum atomic E-state index is 11.8. The van der Waals surface area contributed by atoms with Crippen LogP contribution in [0.25, 0.3) is 0 Å². The Bertz CT molecular complexity index is 464. The fourth-order valence-electron chi connectivity index (χ4n) is 2.35. The summed E-state index contributed by atoms with van der Waals surface area (Å²) >= 11 is 6.07. The van der Waals surface area contributed by atoms with Gasteiger partial charge in [0.25, 0.3) is 0 Å². The number of benzene rings is 1. The van der Waals surface area contributed by atoms with Gasteiger partial charge < -0.3 is 15.5 Å². The quantitative estimate of drug-likeness (QED) is 0.884. The summed E-state index contributed by atoms with van der Waals surface area (Å²) in [6.07, 6.45) is 0. The first kappa shape index (κ1) is 14.2. The van der Waals surface area contributed by atoms with Crippen LogP contribution in [0.4, 0.5) is 5.69 Å². The van der Waals surface area contributed by atoms with E-state index >= 15 is 0 Å². The summed E-state index contributed by atoms with van der Waals surface area (Å²) in [7, 11) is 0. The molecule has 4 nitrogen and oxygen atoms in total. The molecule has 19 heavy (non-hydrogen) atoms. The fraction of sp³-hybridized carbons (Fsp3) is 0.500. The van der Waals surface area contributed by atoms with Crippen molar-refractivity contribution in [1.82, 2.24) is 10.6 Å². The summed E-state index contributed by atoms with van der Waals surface area (Å²) in [6, 6.07) is 5.71. The third-order valence-corrected chi connectivity index (χ3v) is 3.65. The van der Waals surface area contributed by atoms with E-state index in [1.807, 2.05) is 25.1 Å². The van der Waals surface area contributed by atoms with Crippen LogP contribution in [0.2, 0.25) is 5.02 Å². The number of halogens is 1. The molecule has 0 saturated carbocycles. The monoisotopic (exact) mass is 281 g/mol. The Morgan fingerprint density at radius 1 is 1.53 bits per heavy atom. The predicted octanol–water partition coefficient (Wildman–Crippen LogP) is 1.77. The lowest BCUT2D eigenvalue weighted by molar-refractivity contribution is -0.122. The number of carbonyl (C=O) groups is 1. The lowest BCUT2D eigenvalue weighted by atomic mass is 10.1. The molecule has 2 rings (SSSR count). The summed E-state index contributed by atoms with van der Waals surface area (Å²) in [5.74, 6) is 0.0793. The number of carbonyl (C=O) groups excluding carboxylic acids is 1. The molecule has 0 radical (unpaired) electrons. The largest absolute Gasteiger partial charge is 0.358 e. The Kier molecular flexibility index (Phi) is 4.66.